The zero-order chi connectivity index (χ0) is 13.8. The highest BCUT2D eigenvalue weighted by atomic mass is 16.4. The van der Waals surface area contributed by atoms with Crippen molar-refractivity contribution in [2.75, 3.05) is 0 Å². The van der Waals surface area contributed by atoms with E-state index in [0.717, 1.165) is 30.4 Å². The molecule has 1 heterocycles. The van der Waals surface area contributed by atoms with Crippen LogP contribution in [0.25, 0.3) is 0 Å². The molecule has 1 N–H and O–H groups in total. The second-order valence-electron chi connectivity index (χ2n) is 5.00. The normalized spacial score (nSPS) is 13.4. The number of rotatable bonds is 5. The first kappa shape index (κ1) is 13.6. The van der Waals surface area contributed by atoms with Crippen molar-refractivity contribution < 1.29 is 14.7 Å². The molecule has 1 aliphatic rings. The number of benzene rings is 1. The Bertz CT molecular complexity index is 496. The zero-order valence-corrected chi connectivity index (χ0v) is 11.2. The minimum atomic E-state index is -0.921. The molecule has 0 aliphatic carbocycles. The van der Waals surface area contributed by atoms with Gasteiger partial charge in [0.2, 0.25) is 5.91 Å². The Labute approximate surface area is 113 Å². The van der Waals surface area contributed by atoms with Gasteiger partial charge in [-0.2, -0.15) is 0 Å². The lowest BCUT2D eigenvalue weighted by molar-refractivity contribution is -0.131. The van der Waals surface area contributed by atoms with Gasteiger partial charge in [-0.1, -0.05) is 25.8 Å². The molecule has 4 heteroatoms. The number of unbranched alkanes of at least 4 members (excludes halogenated alkanes) is 2. The van der Waals surface area contributed by atoms with Gasteiger partial charge in [0, 0.05) is 19.5 Å². The van der Waals surface area contributed by atoms with Crippen LogP contribution in [0, 0.1) is 0 Å². The topological polar surface area (TPSA) is 57.6 Å². The second-order valence-corrected chi connectivity index (χ2v) is 5.00. The Balaban J connectivity index is 1.99. The monoisotopic (exact) mass is 261 g/mol. The molecular formula is C15H19NO3. The molecule has 0 radical (unpaired) electrons. The van der Waals surface area contributed by atoms with Crippen LogP contribution in [0.1, 0.15) is 54.1 Å². The highest BCUT2D eigenvalue weighted by molar-refractivity contribution is 5.88. The predicted molar refractivity (Wildman–Crippen MR) is 71.8 cm³/mol. The van der Waals surface area contributed by atoms with Crippen LogP contribution in [0.3, 0.4) is 0 Å². The Morgan fingerprint density at radius 3 is 2.63 bits per heavy atom. The summed E-state index contributed by atoms with van der Waals surface area (Å²) in [6.07, 6.45) is 3.71. The summed E-state index contributed by atoms with van der Waals surface area (Å²) < 4.78 is 0. The van der Waals surface area contributed by atoms with E-state index in [2.05, 4.69) is 6.92 Å². The Morgan fingerprint density at radius 2 is 1.95 bits per heavy atom. The number of carbonyl (C=O) groups excluding carboxylic acids is 1. The molecule has 0 spiro atoms. The van der Waals surface area contributed by atoms with Crippen molar-refractivity contribution in [3.05, 3.63) is 34.9 Å². The van der Waals surface area contributed by atoms with Gasteiger partial charge in [-0.05, 0) is 29.7 Å². The number of hydrogen-bond donors (Lipinski definition) is 1. The smallest absolute Gasteiger partial charge is 0.335 e. The van der Waals surface area contributed by atoms with Crippen molar-refractivity contribution >= 4 is 11.9 Å². The summed E-state index contributed by atoms with van der Waals surface area (Å²) in [5.41, 5.74) is 2.32. The standard InChI is InChI=1S/C15H19NO3/c1-2-3-4-5-14(17)16-9-12-7-6-11(15(18)19)8-13(12)10-16/h6-8H,2-5,9-10H2,1H3,(H,18,19). The number of carboxylic acids is 1. The summed E-state index contributed by atoms with van der Waals surface area (Å²) in [4.78, 5) is 24.7. The molecule has 1 aromatic rings. The predicted octanol–water partition coefficient (Wildman–Crippen LogP) is 2.81. The molecule has 0 aromatic heterocycles. The lowest BCUT2D eigenvalue weighted by atomic mass is 10.1. The summed E-state index contributed by atoms with van der Waals surface area (Å²) in [6.45, 7) is 3.27. The highest BCUT2D eigenvalue weighted by Crippen LogP contribution is 2.24. The van der Waals surface area contributed by atoms with E-state index in [0.29, 0.717) is 25.1 Å². The fourth-order valence-corrected chi connectivity index (χ4v) is 2.39. The zero-order valence-electron chi connectivity index (χ0n) is 11.2. The van der Waals surface area contributed by atoms with Gasteiger partial charge in [-0.3, -0.25) is 4.79 Å². The maximum absolute atomic E-state index is 12.0. The van der Waals surface area contributed by atoms with Crippen molar-refractivity contribution in [3.8, 4) is 0 Å². The van der Waals surface area contributed by atoms with Crippen molar-refractivity contribution in [1.82, 2.24) is 4.90 Å². The Hall–Kier alpha value is -1.84. The first-order valence-corrected chi connectivity index (χ1v) is 6.74. The van der Waals surface area contributed by atoms with E-state index in [9.17, 15) is 9.59 Å². The number of hydrogen-bond acceptors (Lipinski definition) is 2. The van der Waals surface area contributed by atoms with Crippen LogP contribution in [-0.4, -0.2) is 21.9 Å². The molecule has 19 heavy (non-hydrogen) atoms. The number of aromatic carboxylic acids is 1. The van der Waals surface area contributed by atoms with Crippen molar-refractivity contribution in [1.29, 1.82) is 0 Å². The molecule has 0 unspecified atom stereocenters. The first-order valence-electron chi connectivity index (χ1n) is 6.74. The summed E-state index contributed by atoms with van der Waals surface area (Å²) in [6, 6.07) is 5.10. The van der Waals surface area contributed by atoms with Gasteiger partial charge in [-0.25, -0.2) is 4.79 Å². The van der Waals surface area contributed by atoms with E-state index < -0.39 is 5.97 Å². The van der Waals surface area contributed by atoms with Crippen LogP contribution in [0.4, 0.5) is 0 Å². The molecule has 1 amide bonds. The Kier molecular flexibility index (Phi) is 4.20. The molecule has 0 saturated carbocycles. The highest BCUT2D eigenvalue weighted by Gasteiger charge is 2.23. The van der Waals surface area contributed by atoms with Crippen LogP contribution < -0.4 is 0 Å². The maximum atomic E-state index is 12.0. The molecule has 0 bridgehead atoms. The molecule has 0 saturated heterocycles. The number of fused-ring (bicyclic) bond motifs is 1. The van der Waals surface area contributed by atoms with Crippen LogP contribution in [-0.2, 0) is 17.9 Å². The van der Waals surface area contributed by atoms with Crippen molar-refractivity contribution in [3.63, 3.8) is 0 Å². The van der Waals surface area contributed by atoms with Gasteiger partial charge < -0.3 is 10.0 Å². The molecule has 2 rings (SSSR count). The third-order valence-electron chi connectivity index (χ3n) is 3.52. The van der Waals surface area contributed by atoms with E-state index in [1.165, 1.54) is 0 Å². The fourth-order valence-electron chi connectivity index (χ4n) is 2.39. The van der Waals surface area contributed by atoms with Gasteiger partial charge in [-0.15, -0.1) is 0 Å². The average molecular weight is 261 g/mol. The molecular weight excluding hydrogens is 242 g/mol. The van der Waals surface area contributed by atoms with Gasteiger partial charge in [0.1, 0.15) is 0 Å². The minimum Gasteiger partial charge on any atom is -0.478 e. The second kappa shape index (κ2) is 5.87. The fraction of sp³-hybridized carbons (Fsp3) is 0.467. The van der Waals surface area contributed by atoms with Crippen LogP contribution >= 0.6 is 0 Å². The first-order chi connectivity index (χ1) is 9.11. The van der Waals surface area contributed by atoms with E-state index in [-0.39, 0.29) is 5.91 Å². The lowest BCUT2D eigenvalue weighted by Crippen LogP contribution is -2.24. The summed E-state index contributed by atoms with van der Waals surface area (Å²) in [5.74, 6) is -0.753. The minimum absolute atomic E-state index is 0.168. The largest absolute Gasteiger partial charge is 0.478 e. The van der Waals surface area contributed by atoms with E-state index >= 15 is 0 Å². The molecule has 1 aromatic carbocycles. The van der Waals surface area contributed by atoms with Gasteiger partial charge >= 0.3 is 5.97 Å². The quantitative estimate of drug-likeness (QED) is 0.829. The van der Waals surface area contributed by atoms with Crippen molar-refractivity contribution in [2.45, 2.75) is 45.7 Å². The van der Waals surface area contributed by atoms with E-state index in [1.807, 2.05) is 11.0 Å². The lowest BCUT2D eigenvalue weighted by Gasteiger charge is -2.15. The maximum Gasteiger partial charge on any atom is 0.335 e. The molecule has 0 fully saturated rings. The van der Waals surface area contributed by atoms with E-state index in [4.69, 9.17) is 5.11 Å². The SMILES string of the molecule is CCCCCC(=O)N1Cc2ccc(C(=O)O)cc2C1. The van der Waals surface area contributed by atoms with Crippen LogP contribution in [0.5, 0.6) is 0 Å². The average Bonchev–Trinajstić information content (AvgIpc) is 2.81. The van der Waals surface area contributed by atoms with Gasteiger partial charge in [0.05, 0.1) is 5.56 Å². The third kappa shape index (κ3) is 3.13. The van der Waals surface area contributed by atoms with Gasteiger partial charge in [0.15, 0.2) is 0 Å². The molecule has 4 nitrogen and oxygen atoms in total. The van der Waals surface area contributed by atoms with Gasteiger partial charge in [0.25, 0.3) is 0 Å². The van der Waals surface area contributed by atoms with Crippen LogP contribution in [0.15, 0.2) is 18.2 Å². The third-order valence-corrected chi connectivity index (χ3v) is 3.52. The Morgan fingerprint density at radius 1 is 1.21 bits per heavy atom. The molecule has 0 atom stereocenters. The van der Waals surface area contributed by atoms with E-state index in [1.54, 1.807) is 12.1 Å². The summed E-state index contributed by atoms with van der Waals surface area (Å²) >= 11 is 0. The van der Waals surface area contributed by atoms with Crippen LogP contribution in [0.2, 0.25) is 0 Å². The summed E-state index contributed by atoms with van der Waals surface area (Å²) in [7, 11) is 0. The number of carboxylic acid groups (broad SMARTS) is 1. The van der Waals surface area contributed by atoms with Crippen molar-refractivity contribution in [2.24, 2.45) is 0 Å². The number of amides is 1. The number of nitrogens with zero attached hydrogens (tertiary/aromatic N) is 1. The number of carbonyl (C=O) groups is 2. The molecule has 102 valence electrons. The summed E-state index contributed by atoms with van der Waals surface area (Å²) in [5, 5.41) is 8.95. The molecule has 1 aliphatic heterocycles.